The van der Waals surface area contributed by atoms with Crippen LogP contribution in [0.3, 0.4) is 0 Å². The van der Waals surface area contributed by atoms with Crippen LogP contribution in [-0.2, 0) is 0 Å². The number of nitrogens with one attached hydrogen (secondary N) is 1. The van der Waals surface area contributed by atoms with Crippen LogP contribution in [0.2, 0.25) is 0 Å². The van der Waals surface area contributed by atoms with Gasteiger partial charge in [-0.3, -0.25) is 10.1 Å². The molecule has 2 aromatic heterocycles. The molecule has 1 aromatic carbocycles. The summed E-state index contributed by atoms with van der Waals surface area (Å²) in [6.07, 6.45) is 3.39. The van der Waals surface area contributed by atoms with E-state index in [0.29, 0.717) is 23.1 Å². The van der Waals surface area contributed by atoms with Crippen molar-refractivity contribution in [3.8, 4) is 22.9 Å². The molecule has 0 fully saturated rings. The number of hydrogen-bond acceptors (Lipinski definition) is 6. The van der Waals surface area contributed by atoms with Crippen LogP contribution in [0, 0.1) is 0 Å². The first-order chi connectivity index (χ1) is 11.2. The molecule has 0 saturated carbocycles. The number of rotatable bonds is 5. The number of nitrogens with two attached hydrogens (primary N) is 1. The summed E-state index contributed by atoms with van der Waals surface area (Å²) >= 11 is 0. The van der Waals surface area contributed by atoms with Crippen molar-refractivity contribution in [1.29, 1.82) is 0 Å². The number of hydrogen-bond donors (Lipinski definition) is 2. The predicted octanol–water partition coefficient (Wildman–Crippen LogP) is 1.93. The van der Waals surface area contributed by atoms with Crippen molar-refractivity contribution in [3.05, 3.63) is 54.1 Å². The number of pyridine rings is 1. The van der Waals surface area contributed by atoms with Crippen LogP contribution in [0.25, 0.3) is 11.4 Å². The van der Waals surface area contributed by atoms with Crippen molar-refractivity contribution in [2.24, 2.45) is 5.73 Å². The summed E-state index contributed by atoms with van der Waals surface area (Å²) in [6, 6.07) is 8.76. The topological polar surface area (TPSA) is 98.9 Å². The molecule has 118 valence electrons. The largest absolute Gasteiger partial charge is 0.493 e. The Hall–Kier alpha value is -2.93. The normalized spacial score (nSPS) is 12.0. The minimum atomic E-state index is -0.446. The van der Waals surface area contributed by atoms with Crippen LogP contribution in [0.5, 0.6) is 11.5 Å². The van der Waals surface area contributed by atoms with E-state index in [9.17, 15) is 0 Å². The summed E-state index contributed by atoms with van der Waals surface area (Å²) < 4.78 is 10.5. The molecule has 7 heteroatoms. The van der Waals surface area contributed by atoms with Crippen LogP contribution >= 0.6 is 0 Å². The molecule has 3 rings (SSSR count). The summed E-state index contributed by atoms with van der Waals surface area (Å²) in [5.74, 6) is 2.43. The molecule has 3 N–H and O–H groups in total. The number of methoxy groups -OCH3 is 2. The van der Waals surface area contributed by atoms with E-state index in [1.807, 2.05) is 30.3 Å². The van der Waals surface area contributed by atoms with E-state index in [1.165, 1.54) is 0 Å². The lowest BCUT2D eigenvalue weighted by Gasteiger charge is -2.12. The quantitative estimate of drug-likeness (QED) is 0.747. The Morgan fingerprint density at radius 2 is 1.78 bits per heavy atom. The number of benzene rings is 1. The third kappa shape index (κ3) is 3.00. The molecule has 23 heavy (non-hydrogen) atoms. The maximum absolute atomic E-state index is 6.28. The average Bonchev–Trinajstić information content (AvgIpc) is 3.11. The fourth-order valence-corrected chi connectivity index (χ4v) is 2.25. The Balaban J connectivity index is 1.89. The van der Waals surface area contributed by atoms with Gasteiger partial charge in [-0.05, 0) is 29.8 Å². The van der Waals surface area contributed by atoms with Crippen molar-refractivity contribution in [1.82, 2.24) is 20.2 Å². The monoisotopic (exact) mass is 311 g/mol. The Morgan fingerprint density at radius 3 is 2.48 bits per heavy atom. The standard InChI is InChI=1S/C16H17N5O2/c1-22-12-4-3-11(9-13(12)23-2)14(17)16-19-15(20-21-16)10-5-7-18-8-6-10/h3-9,14H,17H2,1-2H3,(H,19,20,21). The first-order valence-corrected chi connectivity index (χ1v) is 7.03. The molecule has 0 amide bonds. The number of ether oxygens (including phenoxy) is 2. The highest BCUT2D eigenvalue weighted by Crippen LogP contribution is 2.30. The first kappa shape index (κ1) is 15.0. The molecule has 1 atom stereocenters. The van der Waals surface area contributed by atoms with Crippen molar-refractivity contribution >= 4 is 0 Å². The highest BCUT2D eigenvalue weighted by Gasteiger charge is 2.17. The number of aromatic nitrogens is 4. The molecular weight excluding hydrogens is 294 g/mol. The number of H-pyrrole nitrogens is 1. The van der Waals surface area contributed by atoms with E-state index < -0.39 is 6.04 Å². The van der Waals surface area contributed by atoms with Gasteiger partial charge in [0.25, 0.3) is 0 Å². The third-order valence-electron chi connectivity index (χ3n) is 3.50. The maximum Gasteiger partial charge on any atom is 0.181 e. The Kier molecular flexibility index (Phi) is 4.20. The van der Waals surface area contributed by atoms with E-state index in [2.05, 4.69) is 20.2 Å². The molecule has 0 saturated heterocycles. The zero-order valence-corrected chi connectivity index (χ0v) is 12.9. The first-order valence-electron chi connectivity index (χ1n) is 7.03. The Morgan fingerprint density at radius 1 is 1.04 bits per heavy atom. The second-order valence-electron chi connectivity index (χ2n) is 4.87. The molecule has 0 aliphatic carbocycles. The van der Waals surface area contributed by atoms with Crippen LogP contribution < -0.4 is 15.2 Å². The summed E-state index contributed by atoms with van der Waals surface area (Å²) in [6.45, 7) is 0. The summed E-state index contributed by atoms with van der Waals surface area (Å²) in [5.41, 5.74) is 8.00. The van der Waals surface area contributed by atoms with Crippen molar-refractivity contribution in [3.63, 3.8) is 0 Å². The SMILES string of the molecule is COc1ccc(C(N)c2nc(-c3ccncc3)n[nH]2)cc1OC. The molecule has 3 aromatic rings. The van der Waals surface area contributed by atoms with Gasteiger partial charge in [0.1, 0.15) is 5.82 Å². The van der Waals surface area contributed by atoms with Crippen LogP contribution in [-0.4, -0.2) is 34.4 Å². The molecule has 0 radical (unpaired) electrons. The fourth-order valence-electron chi connectivity index (χ4n) is 2.25. The molecule has 0 aliphatic rings. The van der Waals surface area contributed by atoms with Crippen molar-refractivity contribution < 1.29 is 9.47 Å². The van der Waals surface area contributed by atoms with Gasteiger partial charge in [-0.1, -0.05) is 6.07 Å². The number of nitrogens with zero attached hydrogens (tertiary/aromatic N) is 3. The molecular formula is C16H17N5O2. The van der Waals surface area contributed by atoms with E-state index >= 15 is 0 Å². The Bertz CT molecular complexity index is 788. The van der Waals surface area contributed by atoms with Crippen LogP contribution in [0.1, 0.15) is 17.4 Å². The molecule has 1 unspecified atom stereocenters. The van der Waals surface area contributed by atoms with Gasteiger partial charge >= 0.3 is 0 Å². The number of aromatic amines is 1. The van der Waals surface area contributed by atoms with E-state index in [-0.39, 0.29) is 0 Å². The lowest BCUT2D eigenvalue weighted by Crippen LogP contribution is -2.14. The maximum atomic E-state index is 6.28. The van der Waals surface area contributed by atoms with Gasteiger partial charge in [-0.15, -0.1) is 0 Å². The molecule has 0 spiro atoms. The third-order valence-corrected chi connectivity index (χ3v) is 3.50. The van der Waals surface area contributed by atoms with Crippen molar-refractivity contribution in [2.75, 3.05) is 14.2 Å². The van der Waals surface area contributed by atoms with Gasteiger partial charge in [0.2, 0.25) is 0 Å². The molecule has 0 bridgehead atoms. The van der Waals surface area contributed by atoms with Crippen LogP contribution in [0.15, 0.2) is 42.7 Å². The smallest absolute Gasteiger partial charge is 0.181 e. The molecule has 7 nitrogen and oxygen atoms in total. The van der Waals surface area contributed by atoms with Gasteiger partial charge in [-0.2, -0.15) is 5.10 Å². The Labute approximate surface area is 133 Å². The fraction of sp³-hybridized carbons (Fsp3) is 0.188. The van der Waals surface area contributed by atoms with Crippen LogP contribution in [0.4, 0.5) is 0 Å². The highest BCUT2D eigenvalue weighted by molar-refractivity contribution is 5.53. The lowest BCUT2D eigenvalue weighted by atomic mass is 10.1. The highest BCUT2D eigenvalue weighted by atomic mass is 16.5. The predicted molar refractivity (Wildman–Crippen MR) is 85.2 cm³/mol. The summed E-state index contributed by atoms with van der Waals surface area (Å²) in [7, 11) is 3.18. The molecule has 2 heterocycles. The zero-order chi connectivity index (χ0) is 16.2. The van der Waals surface area contributed by atoms with Crippen molar-refractivity contribution in [2.45, 2.75) is 6.04 Å². The minimum Gasteiger partial charge on any atom is -0.493 e. The van der Waals surface area contributed by atoms with Gasteiger partial charge in [0.15, 0.2) is 17.3 Å². The summed E-state index contributed by atoms with van der Waals surface area (Å²) in [5, 5.41) is 7.10. The van der Waals surface area contributed by atoms with Gasteiger partial charge < -0.3 is 15.2 Å². The van der Waals surface area contributed by atoms with Gasteiger partial charge in [0.05, 0.1) is 20.3 Å². The van der Waals surface area contributed by atoms with E-state index in [1.54, 1.807) is 26.6 Å². The second kappa shape index (κ2) is 6.45. The van der Waals surface area contributed by atoms with E-state index in [0.717, 1.165) is 11.1 Å². The second-order valence-corrected chi connectivity index (χ2v) is 4.87. The lowest BCUT2D eigenvalue weighted by molar-refractivity contribution is 0.354. The minimum absolute atomic E-state index is 0.446. The average molecular weight is 311 g/mol. The zero-order valence-electron chi connectivity index (χ0n) is 12.9. The van der Waals surface area contributed by atoms with E-state index in [4.69, 9.17) is 15.2 Å². The molecule has 0 aliphatic heterocycles. The summed E-state index contributed by atoms with van der Waals surface area (Å²) in [4.78, 5) is 8.44. The van der Waals surface area contributed by atoms with Gasteiger partial charge in [0, 0.05) is 18.0 Å². The van der Waals surface area contributed by atoms with Gasteiger partial charge in [-0.25, -0.2) is 4.98 Å².